The van der Waals surface area contributed by atoms with Crippen molar-refractivity contribution in [3.8, 4) is 0 Å². The van der Waals surface area contributed by atoms with Gasteiger partial charge in [-0.15, -0.1) is 10.2 Å². The smallest absolute Gasteiger partial charge is 0.245 e. The molecule has 0 unspecified atom stereocenters. The molecule has 2 N–H and O–H groups in total. The summed E-state index contributed by atoms with van der Waals surface area (Å²) >= 11 is 11.4. The first kappa shape index (κ1) is 13.4. The average Bonchev–Trinajstić information content (AvgIpc) is 2.28. The number of nitrogens with zero attached hydrogens (tertiary/aromatic N) is 3. The van der Waals surface area contributed by atoms with Gasteiger partial charge in [-0.1, -0.05) is 24.4 Å². The van der Waals surface area contributed by atoms with E-state index < -0.39 is 0 Å². The Labute approximate surface area is 104 Å². The standard InChI is InChI=1S/C9H14Cl2N4O/c10-7-8(13-9(11)15-14-7)12-5-3-1-2-4-6-16/h16H,1-6H2,(H,12,13,15). The van der Waals surface area contributed by atoms with Crippen LogP contribution in [-0.4, -0.2) is 33.4 Å². The van der Waals surface area contributed by atoms with Crippen LogP contribution in [0.15, 0.2) is 0 Å². The van der Waals surface area contributed by atoms with Gasteiger partial charge in [0.1, 0.15) is 0 Å². The molecule has 0 saturated carbocycles. The number of rotatable bonds is 7. The molecule has 1 aromatic heterocycles. The fourth-order valence-electron chi connectivity index (χ4n) is 1.20. The molecule has 0 radical (unpaired) electrons. The van der Waals surface area contributed by atoms with Crippen molar-refractivity contribution in [3.05, 3.63) is 10.4 Å². The van der Waals surface area contributed by atoms with Crippen LogP contribution < -0.4 is 5.32 Å². The highest BCUT2D eigenvalue weighted by molar-refractivity contribution is 6.32. The zero-order valence-electron chi connectivity index (χ0n) is 8.79. The first-order valence-electron chi connectivity index (χ1n) is 5.14. The van der Waals surface area contributed by atoms with Crippen LogP contribution >= 0.6 is 23.2 Å². The van der Waals surface area contributed by atoms with Crippen LogP contribution in [0.4, 0.5) is 5.82 Å². The summed E-state index contributed by atoms with van der Waals surface area (Å²) < 4.78 is 0. The fourth-order valence-corrected chi connectivity index (χ4v) is 1.47. The molecule has 7 heteroatoms. The zero-order valence-corrected chi connectivity index (χ0v) is 10.3. The van der Waals surface area contributed by atoms with Gasteiger partial charge in [0.15, 0.2) is 11.0 Å². The van der Waals surface area contributed by atoms with Crippen molar-refractivity contribution in [3.63, 3.8) is 0 Å². The predicted octanol–water partition coefficient (Wildman–Crippen LogP) is 2.14. The third-order valence-corrected chi connectivity index (χ3v) is 2.41. The van der Waals surface area contributed by atoms with E-state index in [1.165, 1.54) is 0 Å². The summed E-state index contributed by atoms with van der Waals surface area (Å²) in [6.45, 7) is 1.00. The Morgan fingerprint density at radius 2 is 1.81 bits per heavy atom. The van der Waals surface area contributed by atoms with Crippen molar-refractivity contribution in [2.75, 3.05) is 18.5 Å². The maximum Gasteiger partial charge on any atom is 0.245 e. The van der Waals surface area contributed by atoms with Gasteiger partial charge in [0.05, 0.1) is 0 Å². The Morgan fingerprint density at radius 3 is 2.56 bits per heavy atom. The lowest BCUT2D eigenvalue weighted by Gasteiger charge is -2.05. The SMILES string of the molecule is OCCCCCCNc1nc(Cl)nnc1Cl. The molecule has 0 aliphatic heterocycles. The Bertz CT molecular complexity index is 324. The lowest BCUT2D eigenvalue weighted by molar-refractivity contribution is 0.283. The van der Waals surface area contributed by atoms with E-state index in [0.29, 0.717) is 5.82 Å². The zero-order chi connectivity index (χ0) is 11.8. The minimum atomic E-state index is 0.0761. The Morgan fingerprint density at radius 1 is 1.06 bits per heavy atom. The molecule has 1 rings (SSSR count). The van der Waals surface area contributed by atoms with Crippen LogP contribution in [0.5, 0.6) is 0 Å². The molecule has 0 saturated heterocycles. The van der Waals surface area contributed by atoms with Crippen molar-refractivity contribution >= 4 is 29.0 Å². The van der Waals surface area contributed by atoms with Gasteiger partial charge < -0.3 is 10.4 Å². The van der Waals surface area contributed by atoms with Gasteiger partial charge in [-0.05, 0) is 24.4 Å². The van der Waals surface area contributed by atoms with Crippen molar-refractivity contribution in [2.24, 2.45) is 0 Å². The van der Waals surface area contributed by atoms with E-state index in [1.807, 2.05) is 0 Å². The summed E-state index contributed by atoms with van der Waals surface area (Å²) in [6.07, 6.45) is 3.91. The van der Waals surface area contributed by atoms with Gasteiger partial charge in [-0.25, -0.2) is 0 Å². The highest BCUT2D eigenvalue weighted by Crippen LogP contribution is 2.16. The predicted molar refractivity (Wildman–Crippen MR) is 63.9 cm³/mol. The van der Waals surface area contributed by atoms with E-state index in [9.17, 15) is 0 Å². The van der Waals surface area contributed by atoms with Gasteiger partial charge in [0, 0.05) is 13.2 Å². The van der Waals surface area contributed by atoms with Gasteiger partial charge >= 0.3 is 0 Å². The van der Waals surface area contributed by atoms with E-state index in [2.05, 4.69) is 20.5 Å². The van der Waals surface area contributed by atoms with E-state index in [4.69, 9.17) is 28.3 Å². The third-order valence-electron chi connectivity index (χ3n) is 2.00. The number of unbranched alkanes of at least 4 members (excludes halogenated alkanes) is 3. The second-order valence-corrected chi connectivity index (χ2v) is 3.98. The highest BCUT2D eigenvalue weighted by atomic mass is 35.5. The van der Waals surface area contributed by atoms with Crippen LogP contribution in [-0.2, 0) is 0 Å². The summed E-state index contributed by atoms with van der Waals surface area (Å²) in [5.41, 5.74) is 0. The molecule has 1 heterocycles. The van der Waals surface area contributed by atoms with Crippen molar-refractivity contribution < 1.29 is 5.11 Å². The van der Waals surface area contributed by atoms with E-state index >= 15 is 0 Å². The van der Waals surface area contributed by atoms with Gasteiger partial charge in [0.2, 0.25) is 5.28 Å². The molecule has 0 aromatic carbocycles. The minimum absolute atomic E-state index is 0.0761. The van der Waals surface area contributed by atoms with Crippen LogP contribution in [0.25, 0.3) is 0 Å². The number of aliphatic hydroxyl groups excluding tert-OH is 1. The quantitative estimate of drug-likeness (QED) is 0.739. The van der Waals surface area contributed by atoms with Crippen molar-refractivity contribution in [1.82, 2.24) is 15.2 Å². The topological polar surface area (TPSA) is 70.9 Å². The van der Waals surface area contributed by atoms with Gasteiger partial charge in [0.25, 0.3) is 0 Å². The Kier molecular flexibility index (Phi) is 6.37. The molecule has 16 heavy (non-hydrogen) atoms. The summed E-state index contributed by atoms with van der Waals surface area (Å²) in [5, 5.41) is 19.1. The van der Waals surface area contributed by atoms with Crippen LogP contribution in [0, 0.1) is 0 Å². The number of aromatic nitrogens is 3. The number of anilines is 1. The molecule has 90 valence electrons. The minimum Gasteiger partial charge on any atom is -0.396 e. The largest absolute Gasteiger partial charge is 0.396 e. The molecule has 1 aromatic rings. The number of halogens is 2. The first-order valence-corrected chi connectivity index (χ1v) is 5.90. The second-order valence-electron chi connectivity index (χ2n) is 3.28. The summed E-state index contributed by atoms with van der Waals surface area (Å²) in [7, 11) is 0. The van der Waals surface area contributed by atoms with Crippen LogP contribution in [0.3, 0.4) is 0 Å². The number of aliphatic hydroxyl groups is 1. The molecule has 0 spiro atoms. The molecule has 0 aliphatic carbocycles. The molecule has 5 nitrogen and oxygen atoms in total. The molecule has 0 aliphatic rings. The lowest BCUT2D eigenvalue weighted by Crippen LogP contribution is -2.06. The maximum atomic E-state index is 8.59. The average molecular weight is 265 g/mol. The van der Waals surface area contributed by atoms with Crippen molar-refractivity contribution in [2.45, 2.75) is 25.7 Å². The van der Waals surface area contributed by atoms with Gasteiger partial charge in [-0.2, -0.15) is 4.98 Å². The number of nitrogens with one attached hydrogen (secondary N) is 1. The monoisotopic (exact) mass is 264 g/mol. The summed E-state index contributed by atoms with van der Waals surface area (Å²) in [4.78, 5) is 3.92. The maximum absolute atomic E-state index is 8.59. The molecular weight excluding hydrogens is 251 g/mol. The first-order chi connectivity index (χ1) is 7.74. The van der Waals surface area contributed by atoms with E-state index in [0.717, 1.165) is 32.2 Å². The van der Waals surface area contributed by atoms with Crippen molar-refractivity contribution in [1.29, 1.82) is 0 Å². The second kappa shape index (κ2) is 7.60. The van der Waals surface area contributed by atoms with E-state index in [-0.39, 0.29) is 17.0 Å². The summed E-state index contributed by atoms with van der Waals surface area (Å²) in [6, 6.07) is 0. The highest BCUT2D eigenvalue weighted by Gasteiger charge is 2.04. The lowest BCUT2D eigenvalue weighted by atomic mass is 10.2. The van der Waals surface area contributed by atoms with Gasteiger partial charge in [-0.3, -0.25) is 0 Å². The molecule has 0 fully saturated rings. The van der Waals surface area contributed by atoms with E-state index in [1.54, 1.807) is 0 Å². The molecule has 0 amide bonds. The van der Waals surface area contributed by atoms with Crippen LogP contribution in [0.1, 0.15) is 25.7 Å². The normalized spacial score (nSPS) is 10.4. The fraction of sp³-hybridized carbons (Fsp3) is 0.667. The Hall–Kier alpha value is -0.650. The summed E-state index contributed by atoms with van der Waals surface area (Å²) in [5.74, 6) is 0.462. The van der Waals surface area contributed by atoms with Crippen LogP contribution in [0.2, 0.25) is 10.4 Å². The molecular formula is C9H14Cl2N4O. The number of hydrogen-bond acceptors (Lipinski definition) is 5. The molecule has 0 bridgehead atoms. The Balaban J connectivity index is 2.23. The molecule has 0 atom stereocenters. The third kappa shape index (κ3) is 4.92. The number of hydrogen-bond donors (Lipinski definition) is 2.